The summed E-state index contributed by atoms with van der Waals surface area (Å²) in [5.74, 6) is 0.702. The molecule has 1 aliphatic rings. The fourth-order valence-corrected chi connectivity index (χ4v) is 2.55. The number of nitrogens with one attached hydrogen (secondary N) is 1. The third-order valence-corrected chi connectivity index (χ3v) is 4.08. The van der Waals surface area contributed by atoms with E-state index in [4.69, 9.17) is 4.74 Å². The van der Waals surface area contributed by atoms with Gasteiger partial charge in [-0.3, -0.25) is 0 Å². The highest BCUT2D eigenvalue weighted by molar-refractivity contribution is 5.54. The van der Waals surface area contributed by atoms with Crippen molar-refractivity contribution in [3.05, 3.63) is 22.9 Å². The van der Waals surface area contributed by atoms with E-state index >= 15 is 0 Å². The Bertz CT molecular complexity index is 501. The average Bonchev–Trinajstić information content (AvgIpc) is 2.36. The molecule has 1 aromatic rings. The van der Waals surface area contributed by atoms with Gasteiger partial charge in [-0.1, -0.05) is 6.42 Å². The Morgan fingerprint density at radius 3 is 2.74 bits per heavy atom. The van der Waals surface area contributed by atoms with E-state index in [2.05, 4.69) is 16.4 Å². The summed E-state index contributed by atoms with van der Waals surface area (Å²) in [6.45, 7) is 5.54. The first-order valence-electron chi connectivity index (χ1n) is 6.71. The van der Waals surface area contributed by atoms with Crippen LogP contribution in [-0.2, 0) is 4.74 Å². The second kappa shape index (κ2) is 5.58. The number of ether oxygens (including phenoxy) is 1. The zero-order chi connectivity index (χ0) is 13.9. The standard InChI is InChI=1S/C15H21N3O/c1-11-7-13(8-16)14(18-12(11)2)17-9-15(10-19-3)5-4-6-15/h7H,4-6,9-10H2,1-3H3,(H,17,18). The maximum atomic E-state index is 9.18. The van der Waals surface area contributed by atoms with E-state index in [9.17, 15) is 5.26 Å². The Morgan fingerprint density at radius 2 is 2.21 bits per heavy atom. The lowest BCUT2D eigenvalue weighted by molar-refractivity contribution is 0.0282. The van der Waals surface area contributed by atoms with Crippen LogP contribution < -0.4 is 5.32 Å². The first-order chi connectivity index (χ1) is 9.10. The van der Waals surface area contributed by atoms with Gasteiger partial charge in [-0.15, -0.1) is 0 Å². The first kappa shape index (κ1) is 13.8. The number of rotatable bonds is 5. The lowest BCUT2D eigenvalue weighted by Gasteiger charge is -2.41. The van der Waals surface area contributed by atoms with Gasteiger partial charge in [0.2, 0.25) is 0 Å². The Hall–Kier alpha value is -1.60. The highest BCUT2D eigenvalue weighted by Gasteiger charge is 2.37. The summed E-state index contributed by atoms with van der Waals surface area (Å²) in [6, 6.07) is 4.11. The lowest BCUT2D eigenvalue weighted by atomic mass is 9.69. The van der Waals surface area contributed by atoms with Crippen molar-refractivity contribution in [1.82, 2.24) is 4.98 Å². The van der Waals surface area contributed by atoms with E-state index in [1.54, 1.807) is 7.11 Å². The van der Waals surface area contributed by atoms with E-state index in [0.29, 0.717) is 11.4 Å². The minimum absolute atomic E-state index is 0.224. The van der Waals surface area contributed by atoms with E-state index in [-0.39, 0.29) is 5.41 Å². The quantitative estimate of drug-likeness (QED) is 0.883. The molecule has 1 N–H and O–H groups in total. The molecule has 1 heterocycles. The molecule has 0 bridgehead atoms. The van der Waals surface area contributed by atoms with Gasteiger partial charge in [0.1, 0.15) is 11.9 Å². The Balaban J connectivity index is 2.11. The predicted octanol–water partition coefficient (Wildman–Crippen LogP) is 2.80. The molecule has 0 saturated heterocycles. The van der Waals surface area contributed by atoms with Crippen molar-refractivity contribution in [3.63, 3.8) is 0 Å². The molecule has 102 valence electrons. The number of anilines is 1. The monoisotopic (exact) mass is 259 g/mol. The van der Waals surface area contributed by atoms with Crippen molar-refractivity contribution in [1.29, 1.82) is 5.26 Å². The van der Waals surface area contributed by atoms with Gasteiger partial charge in [-0.2, -0.15) is 5.26 Å². The van der Waals surface area contributed by atoms with Crippen LogP contribution in [0, 0.1) is 30.6 Å². The second-order valence-corrected chi connectivity index (χ2v) is 5.54. The molecule has 19 heavy (non-hydrogen) atoms. The van der Waals surface area contributed by atoms with Gasteiger partial charge in [0.05, 0.1) is 12.2 Å². The van der Waals surface area contributed by atoms with Gasteiger partial charge >= 0.3 is 0 Å². The number of aryl methyl sites for hydroxylation is 2. The number of aromatic nitrogens is 1. The minimum atomic E-state index is 0.224. The van der Waals surface area contributed by atoms with Crippen molar-refractivity contribution in [2.24, 2.45) is 5.41 Å². The molecule has 2 rings (SSSR count). The highest BCUT2D eigenvalue weighted by atomic mass is 16.5. The fraction of sp³-hybridized carbons (Fsp3) is 0.600. The Labute approximate surface area is 114 Å². The van der Waals surface area contributed by atoms with Crippen LogP contribution in [0.15, 0.2) is 6.07 Å². The maximum Gasteiger partial charge on any atom is 0.144 e. The molecule has 4 nitrogen and oxygen atoms in total. The van der Waals surface area contributed by atoms with Gasteiger partial charge in [-0.25, -0.2) is 4.98 Å². The molecular weight excluding hydrogens is 238 g/mol. The van der Waals surface area contributed by atoms with E-state index < -0.39 is 0 Å². The summed E-state index contributed by atoms with van der Waals surface area (Å²) in [5.41, 5.74) is 2.87. The molecule has 0 spiro atoms. The summed E-state index contributed by atoms with van der Waals surface area (Å²) in [5, 5.41) is 12.5. The zero-order valence-corrected chi connectivity index (χ0v) is 11.9. The van der Waals surface area contributed by atoms with Gasteiger partial charge in [-0.05, 0) is 38.3 Å². The smallest absolute Gasteiger partial charge is 0.144 e. The van der Waals surface area contributed by atoms with Gasteiger partial charge in [0, 0.05) is 24.8 Å². The number of nitriles is 1. The number of methoxy groups -OCH3 is 1. The Morgan fingerprint density at radius 1 is 1.47 bits per heavy atom. The number of nitrogens with zero attached hydrogens (tertiary/aromatic N) is 2. The van der Waals surface area contributed by atoms with Crippen LogP contribution in [0.1, 0.15) is 36.1 Å². The lowest BCUT2D eigenvalue weighted by Crippen LogP contribution is -2.40. The van der Waals surface area contributed by atoms with Gasteiger partial charge in [0.15, 0.2) is 0 Å². The molecule has 0 radical (unpaired) electrons. The third-order valence-electron chi connectivity index (χ3n) is 4.08. The zero-order valence-electron chi connectivity index (χ0n) is 11.9. The first-order valence-corrected chi connectivity index (χ1v) is 6.71. The molecule has 0 aliphatic heterocycles. The normalized spacial score (nSPS) is 16.5. The van der Waals surface area contributed by atoms with Crippen molar-refractivity contribution in [2.45, 2.75) is 33.1 Å². The van der Waals surface area contributed by atoms with Gasteiger partial charge in [0.25, 0.3) is 0 Å². The van der Waals surface area contributed by atoms with Crippen LogP contribution in [-0.4, -0.2) is 25.2 Å². The van der Waals surface area contributed by atoms with E-state index in [1.807, 2.05) is 19.9 Å². The topological polar surface area (TPSA) is 57.9 Å². The predicted molar refractivity (Wildman–Crippen MR) is 75.1 cm³/mol. The fourth-order valence-electron chi connectivity index (χ4n) is 2.55. The van der Waals surface area contributed by atoms with Crippen molar-refractivity contribution < 1.29 is 4.74 Å². The molecule has 1 saturated carbocycles. The molecular formula is C15H21N3O. The number of hydrogen-bond acceptors (Lipinski definition) is 4. The number of pyridine rings is 1. The third kappa shape index (κ3) is 2.87. The minimum Gasteiger partial charge on any atom is -0.384 e. The molecule has 0 amide bonds. The molecule has 1 aromatic heterocycles. The summed E-state index contributed by atoms with van der Waals surface area (Å²) >= 11 is 0. The van der Waals surface area contributed by atoms with Crippen molar-refractivity contribution >= 4 is 5.82 Å². The second-order valence-electron chi connectivity index (χ2n) is 5.54. The molecule has 4 heteroatoms. The SMILES string of the molecule is COCC1(CNc2nc(C)c(C)cc2C#N)CCC1. The van der Waals surface area contributed by atoms with Crippen LogP contribution in [0.2, 0.25) is 0 Å². The molecule has 0 unspecified atom stereocenters. The summed E-state index contributed by atoms with van der Waals surface area (Å²) in [7, 11) is 1.75. The van der Waals surface area contributed by atoms with Crippen LogP contribution in [0.5, 0.6) is 0 Å². The van der Waals surface area contributed by atoms with Crippen molar-refractivity contribution in [3.8, 4) is 6.07 Å². The van der Waals surface area contributed by atoms with Crippen LogP contribution in [0.3, 0.4) is 0 Å². The average molecular weight is 259 g/mol. The van der Waals surface area contributed by atoms with Gasteiger partial charge < -0.3 is 10.1 Å². The Kier molecular flexibility index (Phi) is 4.06. The van der Waals surface area contributed by atoms with E-state index in [0.717, 1.165) is 24.4 Å². The van der Waals surface area contributed by atoms with Crippen LogP contribution >= 0.6 is 0 Å². The molecule has 1 fully saturated rings. The van der Waals surface area contributed by atoms with E-state index in [1.165, 1.54) is 19.3 Å². The highest BCUT2D eigenvalue weighted by Crippen LogP contribution is 2.41. The molecule has 1 aliphatic carbocycles. The molecule has 0 aromatic carbocycles. The van der Waals surface area contributed by atoms with Crippen LogP contribution in [0.25, 0.3) is 0 Å². The molecule has 0 atom stereocenters. The largest absolute Gasteiger partial charge is 0.384 e. The maximum absolute atomic E-state index is 9.18. The summed E-state index contributed by atoms with van der Waals surface area (Å²) < 4.78 is 5.31. The summed E-state index contributed by atoms with van der Waals surface area (Å²) in [4.78, 5) is 4.49. The van der Waals surface area contributed by atoms with Crippen LogP contribution in [0.4, 0.5) is 5.82 Å². The van der Waals surface area contributed by atoms with Crippen molar-refractivity contribution in [2.75, 3.05) is 25.6 Å². The number of hydrogen-bond donors (Lipinski definition) is 1. The summed E-state index contributed by atoms with van der Waals surface area (Å²) in [6.07, 6.45) is 3.62.